The van der Waals surface area contributed by atoms with Crippen molar-refractivity contribution < 1.29 is 0 Å². The Morgan fingerprint density at radius 3 is 1.71 bits per heavy atom. The zero-order valence-electron chi connectivity index (χ0n) is 3.02. The van der Waals surface area contributed by atoms with E-state index in [-0.39, 0.29) is 0 Å². The summed E-state index contributed by atoms with van der Waals surface area (Å²) in [6, 6.07) is 0. The summed E-state index contributed by atoms with van der Waals surface area (Å²) in [4.78, 5) is 0. The van der Waals surface area contributed by atoms with E-state index in [2.05, 4.69) is 3.76 Å². The first-order valence-corrected chi connectivity index (χ1v) is 3.70. The molecule has 0 fully saturated rings. The van der Waals surface area contributed by atoms with Crippen LogP contribution in [0.15, 0.2) is 0 Å². The van der Waals surface area contributed by atoms with E-state index < -0.39 is 0 Å². The van der Waals surface area contributed by atoms with Gasteiger partial charge in [0.25, 0.3) is 0 Å². The zero-order valence-corrected chi connectivity index (χ0v) is 6.16. The fourth-order valence-corrected chi connectivity index (χ4v) is 1.91. The lowest BCUT2D eigenvalue weighted by Crippen LogP contribution is -1.38. The average Bonchev–Trinajstić information content (AvgIpc) is 1.91. The van der Waals surface area contributed by atoms with Gasteiger partial charge >= 0.3 is 8.67 Å². The summed E-state index contributed by atoms with van der Waals surface area (Å²) in [5, 5.41) is 0. The highest BCUT2D eigenvalue weighted by atomic mass is 35.5. The Kier molecular flexibility index (Phi) is 1.80. The Morgan fingerprint density at radius 1 is 1.14 bits per heavy atom. The molecule has 5 heteroatoms. The van der Waals surface area contributed by atoms with Gasteiger partial charge in [-0.3, -0.25) is 0 Å². The predicted molar refractivity (Wildman–Crippen MR) is 34.4 cm³/mol. The third-order valence-corrected chi connectivity index (χ3v) is 2.96. The maximum Gasteiger partial charge on any atom is 0.364 e. The molecule has 1 aromatic rings. The van der Waals surface area contributed by atoms with Gasteiger partial charge in [0.05, 0.1) is 0 Å². The van der Waals surface area contributed by atoms with Gasteiger partial charge in [-0.2, -0.15) is 0 Å². The van der Waals surface area contributed by atoms with E-state index in [0.29, 0.717) is 8.67 Å². The summed E-state index contributed by atoms with van der Waals surface area (Å²) in [7, 11) is 0. The fourth-order valence-electron chi connectivity index (χ4n) is 0.156. The van der Waals surface area contributed by atoms with Gasteiger partial charge in [-0.1, -0.05) is 0 Å². The summed E-state index contributed by atoms with van der Waals surface area (Å²) >= 11 is 13.3. The zero-order chi connectivity index (χ0) is 5.28. The molecule has 1 heterocycles. The monoisotopic (exact) mass is 172 g/mol. The van der Waals surface area contributed by atoms with Crippen LogP contribution in [0, 0.1) is 0 Å². The summed E-state index contributed by atoms with van der Waals surface area (Å²) in [5.41, 5.74) is 0. The van der Waals surface area contributed by atoms with Gasteiger partial charge in [-0.25, -0.2) is 0 Å². The standard InChI is InChI=1S/C2Cl2NS2/c3-1-2(4)7-5-6-1/q+1. The molecule has 0 spiro atoms. The highest BCUT2D eigenvalue weighted by Crippen LogP contribution is 2.27. The SMILES string of the molecule is Clc1[s+][n-][s+]c1Cl. The number of hydrogen-bond donors (Lipinski definition) is 0. The van der Waals surface area contributed by atoms with E-state index in [9.17, 15) is 0 Å². The smallest absolute Gasteiger partial charge is 0.125 e. The molecule has 1 rings (SSSR count). The minimum atomic E-state index is 0.576. The van der Waals surface area contributed by atoms with Gasteiger partial charge in [-0.05, 0) is 23.2 Å². The lowest BCUT2D eigenvalue weighted by atomic mass is 11.1. The third-order valence-electron chi connectivity index (χ3n) is 0.389. The molecule has 7 heavy (non-hydrogen) atoms. The molecular weight excluding hydrogens is 173 g/mol. The second-order valence-corrected chi connectivity index (χ2v) is 3.79. The number of hydrogen-bond acceptors (Lipinski definition) is 0. The van der Waals surface area contributed by atoms with Gasteiger partial charge in [0.2, 0.25) is 23.1 Å². The molecule has 0 radical (unpaired) electrons. The van der Waals surface area contributed by atoms with Gasteiger partial charge in [-0.15, -0.1) is 3.76 Å². The van der Waals surface area contributed by atoms with Crippen LogP contribution in [0.25, 0.3) is 0 Å². The highest BCUT2D eigenvalue weighted by molar-refractivity contribution is 7.26. The number of rotatable bonds is 0. The maximum absolute atomic E-state index is 5.46. The maximum atomic E-state index is 5.46. The van der Waals surface area contributed by atoms with Crippen molar-refractivity contribution in [2.75, 3.05) is 0 Å². The molecule has 0 N–H and O–H groups in total. The molecule has 0 aliphatic heterocycles. The van der Waals surface area contributed by atoms with Crippen molar-refractivity contribution in [3.05, 3.63) is 8.67 Å². The second-order valence-electron chi connectivity index (χ2n) is 0.805. The summed E-state index contributed by atoms with van der Waals surface area (Å²) in [5.74, 6) is 0. The van der Waals surface area contributed by atoms with Crippen molar-refractivity contribution in [2.24, 2.45) is 0 Å². The lowest BCUT2D eigenvalue weighted by molar-refractivity contribution is 1.84. The van der Waals surface area contributed by atoms with Crippen LogP contribution in [0.4, 0.5) is 0 Å². The molecule has 0 unspecified atom stereocenters. The quantitative estimate of drug-likeness (QED) is 0.550. The molecule has 38 valence electrons. The predicted octanol–water partition coefficient (Wildman–Crippen LogP) is 2.64. The van der Waals surface area contributed by atoms with Crippen molar-refractivity contribution in [3.8, 4) is 0 Å². The van der Waals surface area contributed by atoms with Crippen LogP contribution in [-0.4, -0.2) is 0 Å². The van der Waals surface area contributed by atoms with E-state index in [1.165, 1.54) is 23.1 Å². The first-order chi connectivity index (χ1) is 3.30. The molecule has 1 aromatic heterocycles. The molecule has 0 amide bonds. The van der Waals surface area contributed by atoms with E-state index >= 15 is 0 Å². The van der Waals surface area contributed by atoms with E-state index in [0.717, 1.165) is 0 Å². The normalized spacial score (nSPS) is 9.43. The Morgan fingerprint density at radius 2 is 1.57 bits per heavy atom. The van der Waals surface area contributed by atoms with E-state index in [4.69, 9.17) is 23.2 Å². The Bertz CT molecular complexity index is 146. The van der Waals surface area contributed by atoms with Crippen LogP contribution in [0.3, 0.4) is 0 Å². The van der Waals surface area contributed by atoms with Gasteiger partial charge < -0.3 is 0 Å². The minimum Gasteiger partial charge on any atom is -0.125 e. The lowest BCUT2D eigenvalue weighted by Gasteiger charge is -1.51. The van der Waals surface area contributed by atoms with Crippen molar-refractivity contribution in [3.63, 3.8) is 0 Å². The van der Waals surface area contributed by atoms with E-state index in [1.54, 1.807) is 0 Å². The van der Waals surface area contributed by atoms with Crippen LogP contribution < -0.4 is 3.76 Å². The average molecular weight is 173 g/mol. The first-order valence-electron chi connectivity index (χ1n) is 1.40. The summed E-state index contributed by atoms with van der Waals surface area (Å²) < 4.78 is 4.89. The second kappa shape index (κ2) is 2.22. The van der Waals surface area contributed by atoms with Crippen LogP contribution >= 0.6 is 46.3 Å². The molecule has 1 nitrogen and oxygen atoms in total. The van der Waals surface area contributed by atoms with Crippen molar-refractivity contribution in [1.82, 2.24) is 3.76 Å². The molecule has 0 saturated heterocycles. The molecule has 0 saturated carbocycles. The van der Waals surface area contributed by atoms with Crippen molar-refractivity contribution in [1.29, 1.82) is 0 Å². The molecule has 0 aliphatic carbocycles. The van der Waals surface area contributed by atoms with Gasteiger partial charge in [0.15, 0.2) is 0 Å². The summed E-state index contributed by atoms with van der Waals surface area (Å²) in [6.07, 6.45) is 0. The molecule has 0 bridgehead atoms. The molecule has 0 aromatic carbocycles. The summed E-state index contributed by atoms with van der Waals surface area (Å²) in [6.45, 7) is 0. The minimum absolute atomic E-state index is 0.576. The topological polar surface area (TPSA) is 14.1 Å². The van der Waals surface area contributed by atoms with Gasteiger partial charge in [0, 0.05) is 0 Å². The molecule has 0 atom stereocenters. The Balaban J connectivity index is 3.12. The van der Waals surface area contributed by atoms with Crippen molar-refractivity contribution in [2.45, 2.75) is 0 Å². The molecular formula is C2Cl2NS2+. The van der Waals surface area contributed by atoms with E-state index in [1.807, 2.05) is 0 Å². The highest BCUT2D eigenvalue weighted by Gasteiger charge is 2.14. The van der Waals surface area contributed by atoms with Crippen LogP contribution in [-0.2, 0) is 0 Å². The van der Waals surface area contributed by atoms with Gasteiger partial charge in [0.1, 0.15) is 0 Å². The number of nitrogens with zero attached hydrogens (tertiary/aromatic N) is 1. The van der Waals surface area contributed by atoms with Crippen LogP contribution in [0.2, 0.25) is 8.67 Å². The largest absolute Gasteiger partial charge is 0.364 e. The number of halogens is 2. The number of aromatic nitrogens is 1. The Hall–Kier alpha value is 0.560. The molecule has 0 aliphatic rings. The fraction of sp³-hybridized carbons (Fsp3) is 0. The van der Waals surface area contributed by atoms with Crippen LogP contribution in [0.5, 0.6) is 0 Å². The van der Waals surface area contributed by atoms with Crippen LogP contribution in [0.1, 0.15) is 0 Å². The third kappa shape index (κ3) is 1.22. The van der Waals surface area contributed by atoms with Crippen molar-refractivity contribution >= 4 is 46.3 Å². The Labute approximate surface area is 58.8 Å². The first kappa shape index (κ1) is 5.69.